The van der Waals surface area contributed by atoms with E-state index in [9.17, 15) is 14.4 Å². The first-order valence-electron chi connectivity index (χ1n) is 10.9. The topological polar surface area (TPSA) is 90.9 Å². The highest BCUT2D eigenvalue weighted by Gasteiger charge is 2.23. The quantitative estimate of drug-likeness (QED) is 0.355. The molecule has 7 nitrogen and oxygen atoms in total. The summed E-state index contributed by atoms with van der Waals surface area (Å²) in [6, 6.07) is 17.2. The van der Waals surface area contributed by atoms with E-state index < -0.39 is 30.1 Å². The number of benzene rings is 3. The zero-order chi connectivity index (χ0) is 26.5. The van der Waals surface area contributed by atoms with Crippen molar-refractivity contribution in [2.24, 2.45) is 0 Å². The fraction of sp³-hybridized carbons (Fsp3) is 0.222. The van der Waals surface area contributed by atoms with E-state index in [0.29, 0.717) is 0 Å². The third-order valence-electron chi connectivity index (χ3n) is 4.79. The van der Waals surface area contributed by atoms with Crippen molar-refractivity contribution in [3.8, 4) is 16.9 Å². The summed E-state index contributed by atoms with van der Waals surface area (Å²) in [7, 11) is 1.25. The Morgan fingerprint density at radius 2 is 1.58 bits per heavy atom. The third kappa shape index (κ3) is 6.99. The summed E-state index contributed by atoms with van der Waals surface area (Å²) < 4.78 is 15.7. The van der Waals surface area contributed by atoms with E-state index in [1.807, 2.05) is 30.3 Å². The van der Waals surface area contributed by atoms with Crippen molar-refractivity contribution >= 4 is 46.7 Å². The smallest absolute Gasteiger partial charge is 0.344 e. The molecule has 0 bridgehead atoms. The lowest BCUT2D eigenvalue weighted by molar-refractivity contribution is -0.157. The summed E-state index contributed by atoms with van der Waals surface area (Å²) in [6.45, 7) is 4.69. The molecule has 1 amide bonds. The predicted octanol–water partition coefficient (Wildman–Crippen LogP) is 6.42. The van der Waals surface area contributed by atoms with Gasteiger partial charge in [-0.25, -0.2) is 9.59 Å². The number of ether oxygens (including phenoxy) is 3. The van der Waals surface area contributed by atoms with E-state index >= 15 is 0 Å². The number of carbonyl (C=O) groups excluding carboxylic acids is 3. The summed E-state index contributed by atoms with van der Waals surface area (Å²) in [5, 5.41) is 2.93. The van der Waals surface area contributed by atoms with E-state index in [4.69, 9.17) is 37.4 Å². The van der Waals surface area contributed by atoms with Crippen LogP contribution in [-0.2, 0) is 14.3 Å². The molecule has 0 saturated carbocycles. The van der Waals surface area contributed by atoms with Crippen LogP contribution in [0.5, 0.6) is 5.75 Å². The maximum atomic E-state index is 13.3. The van der Waals surface area contributed by atoms with Crippen LogP contribution in [0.3, 0.4) is 0 Å². The van der Waals surface area contributed by atoms with Crippen molar-refractivity contribution in [2.75, 3.05) is 19.0 Å². The minimum atomic E-state index is -0.710. The average molecular weight is 530 g/mol. The molecule has 36 heavy (non-hydrogen) atoms. The molecule has 0 aliphatic heterocycles. The van der Waals surface area contributed by atoms with Gasteiger partial charge in [0.2, 0.25) is 0 Å². The second-order valence-electron chi connectivity index (χ2n) is 8.71. The molecule has 3 rings (SSSR count). The first kappa shape index (κ1) is 27.0. The molecule has 0 aromatic heterocycles. The molecule has 0 radical (unpaired) electrons. The van der Waals surface area contributed by atoms with E-state index in [0.717, 1.165) is 11.1 Å². The lowest BCUT2D eigenvalue weighted by Crippen LogP contribution is -2.27. The van der Waals surface area contributed by atoms with Crippen LogP contribution in [0.25, 0.3) is 11.1 Å². The van der Waals surface area contributed by atoms with Gasteiger partial charge in [-0.2, -0.15) is 0 Å². The zero-order valence-corrected chi connectivity index (χ0v) is 21.7. The minimum Gasteiger partial charge on any atom is -0.479 e. The van der Waals surface area contributed by atoms with Crippen LogP contribution < -0.4 is 10.1 Å². The van der Waals surface area contributed by atoms with E-state index in [2.05, 4.69) is 5.32 Å². The molecule has 1 N–H and O–H groups in total. The molecule has 3 aromatic rings. The summed E-state index contributed by atoms with van der Waals surface area (Å²) in [5.74, 6) is -1.98. The lowest BCUT2D eigenvalue weighted by atomic mass is 10.0. The predicted molar refractivity (Wildman–Crippen MR) is 139 cm³/mol. The van der Waals surface area contributed by atoms with Gasteiger partial charge in [-0.1, -0.05) is 59.6 Å². The van der Waals surface area contributed by atoms with Crippen molar-refractivity contribution in [2.45, 2.75) is 26.4 Å². The molecule has 0 unspecified atom stereocenters. The summed E-state index contributed by atoms with van der Waals surface area (Å²) in [5.41, 5.74) is 1.27. The molecule has 0 fully saturated rings. The van der Waals surface area contributed by atoms with Crippen LogP contribution in [0.2, 0.25) is 10.0 Å². The highest BCUT2D eigenvalue weighted by atomic mass is 35.5. The number of nitrogens with one attached hydrogen (secondary N) is 1. The van der Waals surface area contributed by atoms with Crippen LogP contribution in [0.1, 0.15) is 41.5 Å². The van der Waals surface area contributed by atoms with E-state index in [-0.39, 0.29) is 32.6 Å². The van der Waals surface area contributed by atoms with E-state index in [1.165, 1.54) is 19.2 Å². The number of anilines is 1. The van der Waals surface area contributed by atoms with Gasteiger partial charge in [0, 0.05) is 5.02 Å². The third-order valence-corrected chi connectivity index (χ3v) is 5.29. The molecule has 0 saturated heterocycles. The molecule has 0 heterocycles. The second-order valence-corrected chi connectivity index (χ2v) is 9.56. The van der Waals surface area contributed by atoms with Crippen molar-refractivity contribution in [1.29, 1.82) is 0 Å². The average Bonchev–Trinajstić information content (AvgIpc) is 2.82. The van der Waals surface area contributed by atoms with Crippen LogP contribution in [0, 0.1) is 0 Å². The van der Waals surface area contributed by atoms with Gasteiger partial charge in [0.25, 0.3) is 5.91 Å². The number of hydrogen-bond donors (Lipinski definition) is 1. The summed E-state index contributed by atoms with van der Waals surface area (Å²) in [6.07, 6.45) is 0. The Bertz CT molecular complexity index is 1290. The van der Waals surface area contributed by atoms with Crippen molar-refractivity contribution in [1.82, 2.24) is 0 Å². The zero-order valence-electron chi connectivity index (χ0n) is 20.2. The molecule has 0 aliphatic rings. The molecule has 3 aromatic carbocycles. The normalized spacial score (nSPS) is 10.9. The maximum absolute atomic E-state index is 13.3. The van der Waals surface area contributed by atoms with Gasteiger partial charge in [-0.15, -0.1) is 0 Å². The van der Waals surface area contributed by atoms with Gasteiger partial charge in [-0.3, -0.25) is 4.79 Å². The Morgan fingerprint density at radius 3 is 2.22 bits per heavy atom. The Kier molecular flexibility index (Phi) is 8.61. The van der Waals surface area contributed by atoms with Crippen molar-refractivity contribution < 1.29 is 28.6 Å². The molecule has 188 valence electrons. The second kappa shape index (κ2) is 11.5. The van der Waals surface area contributed by atoms with Gasteiger partial charge in [0.1, 0.15) is 5.60 Å². The Labute approximate surface area is 219 Å². The first-order valence-corrected chi connectivity index (χ1v) is 11.7. The molecule has 0 spiro atoms. The number of hydrogen-bond acceptors (Lipinski definition) is 6. The van der Waals surface area contributed by atoms with Crippen molar-refractivity contribution in [3.63, 3.8) is 0 Å². The molecule has 0 aliphatic carbocycles. The highest BCUT2D eigenvalue weighted by molar-refractivity contribution is 6.36. The van der Waals surface area contributed by atoms with Gasteiger partial charge in [0.05, 0.1) is 28.9 Å². The summed E-state index contributed by atoms with van der Waals surface area (Å²) >= 11 is 12.4. The van der Waals surface area contributed by atoms with E-state index in [1.54, 1.807) is 39.0 Å². The fourth-order valence-electron chi connectivity index (χ4n) is 3.31. The highest BCUT2D eigenvalue weighted by Crippen LogP contribution is 2.34. The van der Waals surface area contributed by atoms with Gasteiger partial charge in [0.15, 0.2) is 12.4 Å². The van der Waals surface area contributed by atoms with Crippen LogP contribution in [0.4, 0.5) is 5.69 Å². The monoisotopic (exact) mass is 529 g/mol. The lowest BCUT2D eigenvalue weighted by Gasteiger charge is -2.20. The van der Waals surface area contributed by atoms with Gasteiger partial charge in [-0.05, 0) is 56.2 Å². The number of methoxy groups -OCH3 is 1. The van der Waals surface area contributed by atoms with Crippen LogP contribution in [-0.4, -0.2) is 37.2 Å². The molecule has 0 atom stereocenters. The Hall–Kier alpha value is -3.55. The van der Waals surface area contributed by atoms with Gasteiger partial charge >= 0.3 is 11.9 Å². The maximum Gasteiger partial charge on any atom is 0.344 e. The first-order chi connectivity index (χ1) is 17.0. The van der Waals surface area contributed by atoms with Crippen LogP contribution in [0.15, 0.2) is 60.7 Å². The number of rotatable bonds is 7. The SMILES string of the molecule is COC(=O)c1ccc(-c2ccccc2)cc1NC(=O)c1cc(Cl)cc(Cl)c1OCC(=O)OC(C)(C)C. The number of halogens is 2. The molecular weight excluding hydrogens is 505 g/mol. The molecular formula is C27H25Cl2NO6. The number of amides is 1. The number of carbonyl (C=O) groups is 3. The number of esters is 2. The largest absolute Gasteiger partial charge is 0.479 e. The Morgan fingerprint density at radius 1 is 0.889 bits per heavy atom. The standard InChI is InChI=1S/C27H25Cl2NO6/c1-27(2,3)36-23(31)15-35-24-20(13-18(28)14-21(24)29)25(32)30-22-12-17(16-8-6-5-7-9-16)10-11-19(22)26(33)34-4/h5-14H,15H2,1-4H3,(H,30,32). The van der Waals surface area contributed by atoms with Gasteiger partial charge < -0.3 is 19.5 Å². The minimum absolute atomic E-state index is 0.0300. The molecule has 9 heteroatoms. The van der Waals surface area contributed by atoms with Crippen molar-refractivity contribution in [3.05, 3.63) is 81.8 Å². The fourth-order valence-corrected chi connectivity index (χ4v) is 3.86. The Balaban J connectivity index is 1.95. The summed E-state index contributed by atoms with van der Waals surface area (Å²) in [4.78, 5) is 37.9. The van der Waals surface area contributed by atoms with Crippen LogP contribution >= 0.6 is 23.2 Å².